The number of thioether (sulfide) groups is 1. The first-order valence-electron chi connectivity index (χ1n) is 7.91. The minimum absolute atomic E-state index is 0.0317. The van der Waals surface area contributed by atoms with Gasteiger partial charge < -0.3 is 14.2 Å². The fraction of sp³-hybridized carbons (Fsp3) is 0.235. The van der Waals surface area contributed by atoms with Gasteiger partial charge in [0, 0.05) is 6.07 Å². The number of nitrogens with zero attached hydrogens (tertiary/aromatic N) is 3. The highest BCUT2D eigenvalue weighted by atomic mass is 32.2. The lowest BCUT2D eigenvalue weighted by Gasteiger charge is -2.08. The van der Waals surface area contributed by atoms with Crippen LogP contribution in [0.15, 0.2) is 38.5 Å². The molecule has 140 valence electrons. The number of nitro groups is 1. The number of aryl methyl sites for hydroxylation is 3. The molecule has 0 spiro atoms. The molecule has 3 aromatic rings. The third kappa shape index (κ3) is 4.17. The molecule has 27 heavy (non-hydrogen) atoms. The van der Waals surface area contributed by atoms with Gasteiger partial charge in [0.25, 0.3) is 16.8 Å². The molecule has 9 nitrogen and oxygen atoms in total. The maximum absolute atomic E-state index is 12.2. The van der Waals surface area contributed by atoms with Crippen LogP contribution in [0.5, 0.6) is 0 Å². The Hall–Kier alpha value is -3.14. The molecule has 0 bridgehead atoms. The predicted molar refractivity (Wildman–Crippen MR) is 98.7 cm³/mol. The average molecular weight is 388 g/mol. The van der Waals surface area contributed by atoms with Gasteiger partial charge in [-0.15, -0.1) is 10.2 Å². The van der Waals surface area contributed by atoms with Crippen LogP contribution >= 0.6 is 11.8 Å². The van der Waals surface area contributed by atoms with Crippen molar-refractivity contribution < 1.29 is 18.6 Å². The Balaban J connectivity index is 1.66. The number of carbonyl (C=O) groups excluding carboxylic acids is 1. The number of furan rings is 1. The molecule has 0 aliphatic carbocycles. The van der Waals surface area contributed by atoms with Crippen molar-refractivity contribution in [3.05, 3.63) is 51.5 Å². The summed E-state index contributed by atoms with van der Waals surface area (Å²) in [4.78, 5) is 22.9. The smallest absolute Gasteiger partial charge is 0.293 e. The second-order valence-corrected chi connectivity index (χ2v) is 6.74. The van der Waals surface area contributed by atoms with E-state index >= 15 is 0 Å². The summed E-state index contributed by atoms with van der Waals surface area (Å²) in [5.74, 6) is 0.505. The number of benzene rings is 1. The Bertz CT molecular complexity index is 1010. The third-order valence-electron chi connectivity index (χ3n) is 3.91. The Labute approximate surface area is 158 Å². The summed E-state index contributed by atoms with van der Waals surface area (Å²) in [7, 11) is 0. The maximum atomic E-state index is 12.2. The number of aromatic nitrogens is 2. The molecule has 0 radical (unpaired) electrons. The van der Waals surface area contributed by atoms with Gasteiger partial charge in [-0.05, 0) is 44.0 Å². The third-order valence-corrected chi connectivity index (χ3v) is 4.72. The molecular weight excluding hydrogens is 372 g/mol. The first kappa shape index (κ1) is 18.6. The zero-order valence-electron chi connectivity index (χ0n) is 14.8. The van der Waals surface area contributed by atoms with E-state index in [1.807, 2.05) is 6.92 Å². The van der Waals surface area contributed by atoms with E-state index in [0.717, 1.165) is 22.9 Å². The largest absolute Gasteiger partial charge is 0.469 e. The SMILES string of the molecule is Cc1cc(NC(=O)CSc2nnc(-c3ccoc3C)o2)c([N+](=O)[O-])cc1C. The van der Waals surface area contributed by atoms with Gasteiger partial charge >= 0.3 is 0 Å². The summed E-state index contributed by atoms with van der Waals surface area (Å²) in [6.07, 6.45) is 1.52. The van der Waals surface area contributed by atoms with E-state index in [1.54, 1.807) is 26.0 Å². The molecule has 3 rings (SSSR count). The van der Waals surface area contributed by atoms with Crippen LogP contribution in [-0.4, -0.2) is 26.8 Å². The van der Waals surface area contributed by atoms with Gasteiger partial charge in [-0.2, -0.15) is 0 Å². The second-order valence-electron chi connectivity index (χ2n) is 5.81. The van der Waals surface area contributed by atoms with E-state index in [1.165, 1.54) is 12.3 Å². The van der Waals surface area contributed by atoms with E-state index < -0.39 is 10.8 Å². The molecule has 0 fully saturated rings. The van der Waals surface area contributed by atoms with Gasteiger partial charge in [0.15, 0.2) is 0 Å². The van der Waals surface area contributed by atoms with Crippen molar-refractivity contribution >= 4 is 29.0 Å². The summed E-state index contributed by atoms with van der Waals surface area (Å²) in [5.41, 5.74) is 2.33. The fourth-order valence-electron chi connectivity index (χ4n) is 2.35. The number of nitrogens with one attached hydrogen (secondary N) is 1. The molecule has 2 aromatic heterocycles. The van der Waals surface area contributed by atoms with E-state index in [0.29, 0.717) is 17.2 Å². The van der Waals surface area contributed by atoms with Crippen molar-refractivity contribution in [2.75, 3.05) is 11.1 Å². The summed E-state index contributed by atoms with van der Waals surface area (Å²) < 4.78 is 10.7. The van der Waals surface area contributed by atoms with Gasteiger partial charge in [-0.3, -0.25) is 14.9 Å². The van der Waals surface area contributed by atoms with Gasteiger partial charge in [0.05, 0.1) is 22.5 Å². The van der Waals surface area contributed by atoms with E-state index in [9.17, 15) is 14.9 Å². The molecule has 0 saturated carbocycles. The number of nitro benzene ring substituents is 1. The van der Waals surface area contributed by atoms with Crippen LogP contribution in [0.1, 0.15) is 16.9 Å². The Morgan fingerprint density at radius 3 is 2.67 bits per heavy atom. The van der Waals surface area contributed by atoms with Crippen LogP contribution in [0, 0.1) is 30.9 Å². The van der Waals surface area contributed by atoms with Crippen LogP contribution in [0.4, 0.5) is 11.4 Å². The van der Waals surface area contributed by atoms with Crippen LogP contribution in [-0.2, 0) is 4.79 Å². The van der Waals surface area contributed by atoms with E-state index in [2.05, 4.69) is 15.5 Å². The lowest BCUT2D eigenvalue weighted by atomic mass is 10.1. The molecule has 1 aromatic carbocycles. The monoisotopic (exact) mass is 388 g/mol. The topological polar surface area (TPSA) is 124 Å². The van der Waals surface area contributed by atoms with Gasteiger partial charge in [0.2, 0.25) is 5.91 Å². The van der Waals surface area contributed by atoms with Crippen LogP contribution in [0.25, 0.3) is 11.5 Å². The molecule has 0 aliphatic heterocycles. The number of hydrogen-bond donors (Lipinski definition) is 1. The number of rotatable bonds is 6. The molecule has 1 amide bonds. The Morgan fingerprint density at radius 1 is 1.26 bits per heavy atom. The molecule has 0 saturated heterocycles. The molecule has 0 aliphatic rings. The second kappa shape index (κ2) is 7.62. The van der Waals surface area contributed by atoms with E-state index in [4.69, 9.17) is 8.83 Å². The predicted octanol–water partition coefficient (Wildman–Crippen LogP) is 3.89. The highest BCUT2D eigenvalue weighted by Crippen LogP contribution is 2.29. The maximum Gasteiger partial charge on any atom is 0.293 e. The van der Waals surface area contributed by atoms with Crippen molar-refractivity contribution in [2.45, 2.75) is 26.0 Å². The highest BCUT2D eigenvalue weighted by molar-refractivity contribution is 7.99. The van der Waals surface area contributed by atoms with Gasteiger partial charge in [-0.1, -0.05) is 11.8 Å². The number of anilines is 1. The van der Waals surface area contributed by atoms with Gasteiger partial charge in [-0.25, -0.2) is 0 Å². The molecule has 1 N–H and O–H groups in total. The first-order chi connectivity index (χ1) is 12.8. The molecule has 10 heteroatoms. The lowest BCUT2D eigenvalue weighted by molar-refractivity contribution is -0.384. The van der Waals surface area contributed by atoms with Gasteiger partial charge in [0.1, 0.15) is 11.4 Å². The Morgan fingerprint density at radius 2 is 2.00 bits per heavy atom. The molecule has 0 unspecified atom stereocenters. The Kier molecular flexibility index (Phi) is 5.26. The highest BCUT2D eigenvalue weighted by Gasteiger charge is 2.19. The molecule has 2 heterocycles. The summed E-state index contributed by atoms with van der Waals surface area (Å²) in [5, 5.41) is 21.8. The zero-order valence-corrected chi connectivity index (χ0v) is 15.6. The van der Waals surface area contributed by atoms with Crippen molar-refractivity contribution in [1.82, 2.24) is 10.2 Å². The van der Waals surface area contributed by atoms with Crippen LogP contribution in [0.3, 0.4) is 0 Å². The molecular formula is C17H16N4O5S. The first-order valence-corrected chi connectivity index (χ1v) is 8.90. The molecule has 0 atom stereocenters. The number of amides is 1. The fourth-order valence-corrected chi connectivity index (χ4v) is 2.91. The average Bonchev–Trinajstić information content (AvgIpc) is 3.24. The lowest BCUT2D eigenvalue weighted by Crippen LogP contribution is -2.15. The van der Waals surface area contributed by atoms with Crippen LogP contribution in [0.2, 0.25) is 0 Å². The number of hydrogen-bond acceptors (Lipinski definition) is 8. The van der Waals surface area contributed by atoms with Crippen molar-refractivity contribution in [1.29, 1.82) is 0 Å². The van der Waals surface area contributed by atoms with Crippen molar-refractivity contribution in [3.63, 3.8) is 0 Å². The minimum Gasteiger partial charge on any atom is -0.469 e. The standard InChI is InChI=1S/C17H16N4O5S/c1-9-6-13(14(21(23)24)7-10(9)2)18-15(22)8-27-17-20-19-16(26-17)12-4-5-25-11(12)3/h4-7H,8H2,1-3H3,(H,18,22). The zero-order chi connectivity index (χ0) is 19.6. The quantitative estimate of drug-likeness (QED) is 0.383. The normalized spacial score (nSPS) is 10.8. The van der Waals surface area contributed by atoms with Crippen molar-refractivity contribution in [3.8, 4) is 11.5 Å². The summed E-state index contributed by atoms with van der Waals surface area (Å²) in [6.45, 7) is 5.37. The summed E-state index contributed by atoms with van der Waals surface area (Å²) in [6, 6.07) is 4.74. The van der Waals surface area contributed by atoms with Crippen LogP contribution < -0.4 is 5.32 Å². The number of carbonyl (C=O) groups is 1. The summed E-state index contributed by atoms with van der Waals surface area (Å²) >= 11 is 1.04. The van der Waals surface area contributed by atoms with Crippen molar-refractivity contribution in [2.24, 2.45) is 0 Å². The van der Waals surface area contributed by atoms with E-state index in [-0.39, 0.29) is 22.4 Å². The minimum atomic E-state index is -0.521.